The van der Waals surface area contributed by atoms with Gasteiger partial charge >= 0.3 is 0 Å². The average molecular weight is 288 g/mol. The lowest BCUT2D eigenvalue weighted by molar-refractivity contribution is 0.0911. The van der Waals surface area contributed by atoms with E-state index in [0.29, 0.717) is 18.5 Å². The van der Waals surface area contributed by atoms with Crippen LogP contribution >= 0.6 is 0 Å². The highest BCUT2D eigenvalue weighted by Crippen LogP contribution is 2.27. The van der Waals surface area contributed by atoms with Crippen molar-refractivity contribution >= 4 is 5.91 Å². The van der Waals surface area contributed by atoms with Crippen LogP contribution in [0.1, 0.15) is 61.4 Å². The van der Waals surface area contributed by atoms with Crippen LogP contribution in [0.4, 0.5) is 0 Å². The van der Waals surface area contributed by atoms with Crippen molar-refractivity contribution in [2.45, 2.75) is 57.9 Å². The maximum Gasteiger partial charge on any atom is 0.251 e. The molecule has 0 aliphatic heterocycles. The third-order valence-corrected chi connectivity index (χ3v) is 4.60. The van der Waals surface area contributed by atoms with Gasteiger partial charge in [0.15, 0.2) is 0 Å². The summed E-state index contributed by atoms with van der Waals surface area (Å²) in [6.07, 6.45) is 8.31. The van der Waals surface area contributed by atoms with Gasteiger partial charge < -0.3 is 11.1 Å². The summed E-state index contributed by atoms with van der Waals surface area (Å²) < 4.78 is 0. The second-order valence-corrected chi connectivity index (χ2v) is 6.13. The van der Waals surface area contributed by atoms with E-state index >= 15 is 0 Å². The monoisotopic (exact) mass is 288 g/mol. The normalized spacial score (nSPS) is 17.4. The molecule has 0 aromatic heterocycles. The fraction of sp³-hybridized carbons (Fsp3) is 0.611. The second kappa shape index (κ2) is 8.18. The zero-order chi connectivity index (χ0) is 15.1. The highest BCUT2D eigenvalue weighted by atomic mass is 16.1. The van der Waals surface area contributed by atoms with Crippen LogP contribution in [0.5, 0.6) is 0 Å². The Morgan fingerprint density at radius 3 is 2.76 bits per heavy atom. The van der Waals surface area contributed by atoms with Crippen molar-refractivity contribution in [1.82, 2.24) is 5.32 Å². The zero-order valence-electron chi connectivity index (χ0n) is 13.1. The minimum Gasteiger partial charge on any atom is -0.349 e. The molecule has 1 aliphatic carbocycles. The van der Waals surface area contributed by atoms with E-state index in [4.69, 9.17) is 5.73 Å². The van der Waals surface area contributed by atoms with Gasteiger partial charge in [-0.25, -0.2) is 0 Å². The highest BCUT2D eigenvalue weighted by Gasteiger charge is 2.24. The molecule has 116 valence electrons. The molecule has 0 heterocycles. The first-order valence-corrected chi connectivity index (χ1v) is 8.34. The lowest BCUT2D eigenvalue weighted by Crippen LogP contribution is -2.40. The molecule has 1 fully saturated rings. The number of carbonyl (C=O) groups excluding carboxylic acids is 1. The summed E-state index contributed by atoms with van der Waals surface area (Å²) in [5.41, 5.74) is 7.48. The summed E-state index contributed by atoms with van der Waals surface area (Å²) in [5.74, 6) is 0.714. The number of hydrogen-bond donors (Lipinski definition) is 2. The Bertz CT molecular complexity index is 452. The molecule has 0 spiro atoms. The number of amides is 1. The summed E-state index contributed by atoms with van der Waals surface area (Å²) in [6, 6.07) is 8.15. The van der Waals surface area contributed by atoms with Gasteiger partial charge in [0.2, 0.25) is 0 Å². The van der Waals surface area contributed by atoms with E-state index in [2.05, 4.69) is 12.2 Å². The number of nitrogens with two attached hydrogens (primary N) is 1. The molecule has 3 N–H and O–H groups in total. The van der Waals surface area contributed by atoms with Crippen molar-refractivity contribution in [3.8, 4) is 0 Å². The standard InChI is InChI=1S/C18H28N2O/c1-2-17(15-8-4-3-5-9-15)20-18(21)16-10-6-7-14(13-16)11-12-19/h6-7,10,13,15,17H,2-5,8-9,11-12,19H2,1H3,(H,20,21). The van der Waals surface area contributed by atoms with Crippen molar-refractivity contribution in [3.05, 3.63) is 35.4 Å². The van der Waals surface area contributed by atoms with Gasteiger partial charge in [-0.1, -0.05) is 38.3 Å². The van der Waals surface area contributed by atoms with Crippen molar-refractivity contribution in [1.29, 1.82) is 0 Å². The first kappa shape index (κ1) is 16.0. The van der Waals surface area contributed by atoms with E-state index in [0.717, 1.165) is 24.0 Å². The minimum atomic E-state index is 0.0614. The van der Waals surface area contributed by atoms with Crippen molar-refractivity contribution < 1.29 is 4.79 Å². The topological polar surface area (TPSA) is 55.1 Å². The van der Waals surface area contributed by atoms with E-state index in [1.54, 1.807) is 0 Å². The van der Waals surface area contributed by atoms with Crippen molar-refractivity contribution in [3.63, 3.8) is 0 Å². The average Bonchev–Trinajstić information content (AvgIpc) is 2.54. The molecule has 3 heteroatoms. The smallest absolute Gasteiger partial charge is 0.251 e. The van der Waals surface area contributed by atoms with Crippen molar-refractivity contribution in [2.75, 3.05) is 6.54 Å². The van der Waals surface area contributed by atoms with Gasteiger partial charge in [-0.05, 0) is 55.8 Å². The summed E-state index contributed by atoms with van der Waals surface area (Å²) >= 11 is 0. The quantitative estimate of drug-likeness (QED) is 0.844. The molecule has 1 aromatic carbocycles. The molecule has 1 atom stereocenters. The first-order chi connectivity index (χ1) is 10.2. The van der Waals surface area contributed by atoms with Gasteiger partial charge in [0.1, 0.15) is 0 Å². The maximum absolute atomic E-state index is 12.5. The number of hydrogen-bond acceptors (Lipinski definition) is 2. The summed E-state index contributed by atoms with van der Waals surface area (Å²) in [5, 5.41) is 3.25. The highest BCUT2D eigenvalue weighted by molar-refractivity contribution is 5.94. The molecular weight excluding hydrogens is 260 g/mol. The molecule has 1 aliphatic rings. The molecular formula is C18H28N2O. The van der Waals surface area contributed by atoms with Gasteiger partial charge in [-0.15, -0.1) is 0 Å². The van der Waals surface area contributed by atoms with Gasteiger partial charge in [0.25, 0.3) is 5.91 Å². The molecule has 3 nitrogen and oxygen atoms in total. The predicted octanol–water partition coefficient (Wildman–Crippen LogP) is 3.28. The lowest BCUT2D eigenvalue weighted by Gasteiger charge is -2.30. The van der Waals surface area contributed by atoms with Crippen molar-refractivity contribution in [2.24, 2.45) is 11.7 Å². The van der Waals surface area contributed by atoms with Gasteiger partial charge in [-0.2, -0.15) is 0 Å². The molecule has 0 bridgehead atoms. The Hall–Kier alpha value is -1.35. The zero-order valence-corrected chi connectivity index (χ0v) is 13.1. The van der Waals surface area contributed by atoms with Crippen LogP contribution in [0.3, 0.4) is 0 Å². The SMILES string of the molecule is CCC(NC(=O)c1cccc(CCN)c1)C1CCCCC1. The lowest BCUT2D eigenvalue weighted by atomic mass is 9.83. The third kappa shape index (κ3) is 4.57. The van der Waals surface area contributed by atoms with Crippen LogP contribution in [0.2, 0.25) is 0 Å². The second-order valence-electron chi connectivity index (χ2n) is 6.13. The first-order valence-electron chi connectivity index (χ1n) is 8.34. The van der Waals surface area contributed by atoms with E-state index in [9.17, 15) is 4.79 Å². The fourth-order valence-electron chi connectivity index (χ4n) is 3.38. The molecule has 1 amide bonds. The largest absolute Gasteiger partial charge is 0.349 e. The Labute approximate surface area is 128 Å². The van der Waals surface area contributed by atoms with Crippen LogP contribution in [0.25, 0.3) is 0 Å². The number of benzene rings is 1. The summed E-state index contributed by atoms with van der Waals surface area (Å²) in [6.45, 7) is 2.79. The number of carbonyl (C=O) groups is 1. The molecule has 1 unspecified atom stereocenters. The number of nitrogens with one attached hydrogen (secondary N) is 1. The predicted molar refractivity (Wildman–Crippen MR) is 87.3 cm³/mol. The Morgan fingerprint density at radius 1 is 1.33 bits per heavy atom. The molecule has 2 rings (SSSR count). The maximum atomic E-state index is 12.5. The summed E-state index contributed by atoms with van der Waals surface area (Å²) in [7, 11) is 0. The van der Waals surface area contributed by atoms with Crippen LogP contribution in [0.15, 0.2) is 24.3 Å². The van der Waals surface area contributed by atoms with E-state index in [1.165, 1.54) is 32.1 Å². The number of rotatable bonds is 6. The third-order valence-electron chi connectivity index (χ3n) is 4.60. The Morgan fingerprint density at radius 2 is 2.10 bits per heavy atom. The van der Waals surface area contributed by atoms with Crippen LogP contribution in [0, 0.1) is 5.92 Å². The van der Waals surface area contributed by atoms with E-state index in [1.807, 2.05) is 24.3 Å². The molecule has 1 saturated carbocycles. The van der Waals surface area contributed by atoms with Gasteiger partial charge in [0, 0.05) is 11.6 Å². The Balaban J connectivity index is 1.99. The van der Waals surface area contributed by atoms with Crippen LogP contribution in [-0.2, 0) is 6.42 Å². The molecule has 21 heavy (non-hydrogen) atoms. The Kier molecular flexibility index (Phi) is 6.24. The van der Waals surface area contributed by atoms with Crippen LogP contribution in [-0.4, -0.2) is 18.5 Å². The van der Waals surface area contributed by atoms with Crippen LogP contribution < -0.4 is 11.1 Å². The molecule has 0 saturated heterocycles. The van der Waals surface area contributed by atoms with Gasteiger partial charge in [-0.3, -0.25) is 4.79 Å². The molecule has 0 radical (unpaired) electrons. The summed E-state index contributed by atoms with van der Waals surface area (Å²) in [4.78, 5) is 12.5. The van der Waals surface area contributed by atoms with E-state index < -0.39 is 0 Å². The van der Waals surface area contributed by atoms with Gasteiger partial charge in [0.05, 0.1) is 0 Å². The fourth-order valence-corrected chi connectivity index (χ4v) is 3.38. The van der Waals surface area contributed by atoms with E-state index in [-0.39, 0.29) is 5.91 Å². The minimum absolute atomic E-state index is 0.0614. The molecule has 1 aromatic rings.